The molecule has 3 heterocycles. The van der Waals surface area contributed by atoms with Gasteiger partial charge in [0.25, 0.3) is 0 Å². The zero-order valence-corrected chi connectivity index (χ0v) is 32.7. The van der Waals surface area contributed by atoms with Crippen LogP contribution in [0.15, 0.2) is 168 Å². The molecule has 3 aromatic heterocycles. The highest BCUT2D eigenvalue weighted by atomic mass is 16.3. The van der Waals surface area contributed by atoms with Gasteiger partial charge >= 0.3 is 0 Å². The maximum Gasteiger partial charge on any atom is 0.167 e. The highest BCUT2D eigenvalue weighted by Crippen LogP contribution is 2.39. The molecule has 0 aliphatic rings. The SMILES string of the molecule is [B]c1c([B])c([B])c(-c2cccc(-c3nc(-c4ccccc4)nc(-c4cccc5c4oc4cc(-c6ccc7c(c6)c6ccccc6n7-c6ccccc6)ccc45)n3)c2)c([B])c1[B]. The summed E-state index contributed by atoms with van der Waals surface area (Å²) in [6.07, 6.45) is 0. The van der Waals surface area contributed by atoms with Crippen LogP contribution in [0, 0.1) is 0 Å². The van der Waals surface area contributed by atoms with Crippen molar-refractivity contribution in [2.45, 2.75) is 0 Å². The van der Waals surface area contributed by atoms with Crippen molar-refractivity contribution >= 4 is 110 Å². The number of rotatable bonds is 6. The normalized spacial score (nSPS) is 11.6. The molecule has 10 radical (unpaired) electrons. The van der Waals surface area contributed by atoms with E-state index < -0.39 is 0 Å². The maximum absolute atomic E-state index is 6.78. The van der Waals surface area contributed by atoms with Crippen LogP contribution in [-0.2, 0) is 0 Å². The average Bonchev–Trinajstić information content (AvgIpc) is 3.86. The number of aromatic nitrogens is 4. The van der Waals surface area contributed by atoms with Gasteiger partial charge in [-0.05, 0) is 76.9 Å². The molecule has 0 atom stereocenters. The minimum atomic E-state index is 0.158. The number of benzene rings is 8. The summed E-state index contributed by atoms with van der Waals surface area (Å²) >= 11 is 0. The van der Waals surface area contributed by atoms with E-state index in [1.165, 1.54) is 10.8 Å². The number of hydrogen-bond acceptors (Lipinski definition) is 4. The highest BCUT2D eigenvalue weighted by molar-refractivity contribution is 6.68. The van der Waals surface area contributed by atoms with E-state index in [1.54, 1.807) is 0 Å². The summed E-state index contributed by atoms with van der Waals surface area (Å²) in [5, 5.41) is 4.33. The number of nitrogens with zero attached hydrogens (tertiary/aromatic N) is 4. The average molecular weight is 766 g/mol. The second kappa shape index (κ2) is 14.5. The molecule has 11 aromatic rings. The van der Waals surface area contributed by atoms with Crippen molar-refractivity contribution in [3.63, 3.8) is 0 Å². The molecule has 8 aromatic carbocycles. The lowest BCUT2D eigenvalue weighted by Crippen LogP contribution is -2.55. The summed E-state index contributed by atoms with van der Waals surface area (Å²) in [4.78, 5) is 15.1. The topological polar surface area (TPSA) is 56.7 Å². The Bertz CT molecular complexity index is 3520. The van der Waals surface area contributed by atoms with Crippen LogP contribution in [-0.4, -0.2) is 58.8 Å². The fourth-order valence-electron chi connectivity index (χ4n) is 8.48. The highest BCUT2D eigenvalue weighted by Gasteiger charge is 2.20. The van der Waals surface area contributed by atoms with Crippen LogP contribution in [0.25, 0.3) is 106 Å². The standard InChI is InChI=1S/C51H27B5N4O/c52-43-42(44(53)46(55)47(56)45(43)54)31-13-9-14-32(25-31)50-57-49(28-11-3-1-4-12-28)58-51(59-50)37-19-10-18-36-35-23-21-30(27-41(35)61-48(36)37)29-22-24-40-38(26-29)34-17-7-8-20-39(34)60(40)33-15-5-2-6-16-33/h1-27H. The Morgan fingerprint density at radius 2 is 0.951 bits per heavy atom. The molecular weight excluding hydrogens is 739 g/mol. The van der Waals surface area contributed by atoms with Crippen LogP contribution in [0.4, 0.5) is 0 Å². The third kappa shape index (κ3) is 6.04. The van der Waals surface area contributed by atoms with Crippen molar-refractivity contribution in [1.82, 2.24) is 19.5 Å². The first kappa shape index (κ1) is 36.8. The Labute approximate surface area is 358 Å². The van der Waals surface area contributed by atoms with Gasteiger partial charge in [0.05, 0.1) is 16.6 Å². The Hall–Kier alpha value is -7.31. The first-order valence-corrected chi connectivity index (χ1v) is 19.8. The van der Waals surface area contributed by atoms with E-state index in [2.05, 4.69) is 95.6 Å². The van der Waals surface area contributed by atoms with Crippen molar-refractivity contribution < 1.29 is 4.42 Å². The molecule has 10 heteroatoms. The van der Waals surface area contributed by atoms with Crippen molar-refractivity contribution in [2.24, 2.45) is 0 Å². The van der Waals surface area contributed by atoms with E-state index in [4.69, 9.17) is 58.6 Å². The zero-order chi connectivity index (χ0) is 41.4. The van der Waals surface area contributed by atoms with E-state index in [9.17, 15) is 0 Å². The van der Waals surface area contributed by atoms with Crippen molar-refractivity contribution in [1.29, 1.82) is 0 Å². The van der Waals surface area contributed by atoms with E-state index >= 15 is 0 Å². The van der Waals surface area contributed by atoms with E-state index in [1.807, 2.05) is 72.8 Å². The summed E-state index contributed by atoms with van der Waals surface area (Å²) in [6.45, 7) is 0. The largest absolute Gasteiger partial charge is 0.455 e. The lowest BCUT2D eigenvalue weighted by molar-refractivity contribution is 0.669. The molecular formula is C51H27B5N4O. The smallest absolute Gasteiger partial charge is 0.167 e. The van der Waals surface area contributed by atoms with Crippen LogP contribution in [0.3, 0.4) is 0 Å². The summed E-state index contributed by atoms with van der Waals surface area (Å²) < 4.78 is 9.10. The van der Waals surface area contributed by atoms with Crippen LogP contribution in [0.2, 0.25) is 0 Å². The summed E-state index contributed by atoms with van der Waals surface area (Å²) in [6, 6.07) is 55.6. The second-order valence-corrected chi connectivity index (χ2v) is 15.1. The molecule has 0 unspecified atom stereocenters. The Balaban J connectivity index is 1.04. The Morgan fingerprint density at radius 3 is 1.74 bits per heavy atom. The third-order valence-electron chi connectivity index (χ3n) is 11.5. The van der Waals surface area contributed by atoms with E-state index in [-0.39, 0.29) is 27.3 Å². The Kier molecular flexibility index (Phi) is 8.71. The van der Waals surface area contributed by atoms with Crippen molar-refractivity contribution in [3.05, 3.63) is 164 Å². The molecule has 0 saturated carbocycles. The molecule has 0 bridgehead atoms. The van der Waals surface area contributed by atoms with Gasteiger partial charge in [-0.25, -0.2) is 15.0 Å². The molecule has 0 aliphatic heterocycles. The van der Waals surface area contributed by atoms with Gasteiger partial charge in [0, 0.05) is 38.4 Å². The molecule has 0 amide bonds. The fraction of sp³-hybridized carbons (Fsp3) is 0. The van der Waals surface area contributed by atoms with Gasteiger partial charge in [-0.3, -0.25) is 0 Å². The van der Waals surface area contributed by atoms with E-state index in [0.717, 1.165) is 55.3 Å². The molecule has 272 valence electrons. The van der Waals surface area contributed by atoms with Crippen LogP contribution in [0.5, 0.6) is 0 Å². The first-order chi connectivity index (χ1) is 29.8. The fourth-order valence-corrected chi connectivity index (χ4v) is 8.48. The summed E-state index contributed by atoms with van der Waals surface area (Å²) in [5.74, 6) is 1.41. The predicted molar refractivity (Wildman–Crippen MR) is 256 cm³/mol. The monoisotopic (exact) mass is 766 g/mol. The quantitative estimate of drug-likeness (QED) is 0.169. The predicted octanol–water partition coefficient (Wildman–Crippen LogP) is 7.17. The minimum Gasteiger partial charge on any atom is -0.455 e. The third-order valence-corrected chi connectivity index (χ3v) is 11.5. The molecule has 11 rings (SSSR count). The molecule has 61 heavy (non-hydrogen) atoms. The van der Waals surface area contributed by atoms with Crippen molar-refractivity contribution in [2.75, 3.05) is 0 Å². The number of para-hydroxylation sites is 3. The van der Waals surface area contributed by atoms with Gasteiger partial charge in [-0.15, -0.1) is 16.4 Å². The van der Waals surface area contributed by atoms with Gasteiger partial charge in [-0.1, -0.05) is 120 Å². The van der Waals surface area contributed by atoms with Crippen molar-refractivity contribution in [3.8, 4) is 62.1 Å². The molecule has 0 spiro atoms. The van der Waals surface area contributed by atoms with Gasteiger partial charge in [-0.2, -0.15) is 0 Å². The summed E-state index contributed by atoms with van der Waals surface area (Å²) in [5.41, 5.74) is 11.5. The minimum absolute atomic E-state index is 0.158. The molecule has 0 saturated heterocycles. The molecule has 0 fully saturated rings. The van der Waals surface area contributed by atoms with Crippen LogP contribution in [0.1, 0.15) is 0 Å². The first-order valence-electron chi connectivity index (χ1n) is 19.8. The Morgan fingerprint density at radius 1 is 0.377 bits per heavy atom. The second-order valence-electron chi connectivity index (χ2n) is 15.1. The number of hydrogen-bond donors (Lipinski definition) is 0. The molecule has 0 aliphatic carbocycles. The zero-order valence-electron chi connectivity index (χ0n) is 32.7. The van der Waals surface area contributed by atoms with Gasteiger partial charge in [0.15, 0.2) is 17.5 Å². The van der Waals surface area contributed by atoms with Gasteiger partial charge in [0.1, 0.15) is 50.4 Å². The lowest BCUT2D eigenvalue weighted by atomic mass is 9.59. The summed E-state index contributed by atoms with van der Waals surface area (Å²) in [7, 11) is 31.5. The van der Waals surface area contributed by atoms with Crippen LogP contribution >= 0.6 is 0 Å². The number of furan rings is 1. The van der Waals surface area contributed by atoms with Crippen LogP contribution < -0.4 is 27.3 Å². The molecule has 0 N–H and O–H groups in total. The number of fused-ring (bicyclic) bond motifs is 6. The molecule has 5 nitrogen and oxygen atoms in total. The lowest BCUT2D eigenvalue weighted by Gasteiger charge is -2.21. The van der Waals surface area contributed by atoms with Gasteiger partial charge in [0.2, 0.25) is 0 Å². The van der Waals surface area contributed by atoms with E-state index in [0.29, 0.717) is 39.7 Å². The maximum atomic E-state index is 6.78. The van der Waals surface area contributed by atoms with Gasteiger partial charge < -0.3 is 8.98 Å².